The summed E-state index contributed by atoms with van der Waals surface area (Å²) in [6, 6.07) is 5.01. The highest BCUT2D eigenvalue weighted by Crippen LogP contribution is 2.18. The first kappa shape index (κ1) is 12.5. The van der Waals surface area contributed by atoms with E-state index in [0.29, 0.717) is 12.1 Å². The Balaban J connectivity index is 1.61. The normalized spacial score (nSPS) is 15.2. The van der Waals surface area contributed by atoms with Crippen molar-refractivity contribution in [1.82, 2.24) is 10.6 Å². The lowest BCUT2D eigenvalue weighted by Gasteiger charge is -2.07. The van der Waals surface area contributed by atoms with Gasteiger partial charge in [-0.2, -0.15) is 0 Å². The molecule has 1 aromatic carbocycles. The van der Waals surface area contributed by atoms with Crippen molar-refractivity contribution in [2.24, 2.45) is 0 Å². The van der Waals surface area contributed by atoms with Crippen molar-refractivity contribution in [3.63, 3.8) is 0 Å². The first-order valence-electron chi connectivity index (χ1n) is 6.14. The van der Waals surface area contributed by atoms with Gasteiger partial charge in [-0.1, -0.05) is 12.1 Å². The molecule has 1 saturated carbocycles. The predicted molar refractivity (Wildman–Crippen MR) is 63.7 cm³/mol. The summed E-state index contributed by atoms with van der Waals surface area (Å²) in [5.74, 6) is -1.52. The van der Waals surface area contributed by atoms with Crippen molar-refractivity contribution in [3.05, 3.63) is 35.4 Å². The maximum Gasteiger partial charge on any atom is 0.163 e. The Hall–Kier alpha value is -1.00. The summed E-state index contributed by atoms with van der Waals surface area (Å²) in [4.78, 5) is 0. The van der Waals surface area contributed by atoms with E-state index in [1.165, 1.54) is 18.9 Å². The molecule has 0 unspecified atom stereocenters. The number of benzene rings is 1. The summed E-state index contributed by atoms with van der Waals surface area (Å²) >= 11 is 0. The molecular formula is C13H18F2N2. The van der Waals surface area contributed by atoms with Gasteiger partial charge in [0.1, 0.15) is 0 Å². The fraction of sp³-hybridized carbons (Fsp3) is 0.538. The van der Waals surface area contributed by atoms with Crippen molar-refractivity contribution < 1.29 is 8.78 Å². The molecule has 0 aromatic heterocycles. The number of hydrogen-bond donors (Lipinski definition) is 2. The van der Waals surface area contributed by atoms with Gasteiger partial charge in [0.15, 0.2) is 11.6 Å². The van der Waals surface area contributed by atoms with Gasteiger partial charge in [-0.25, -0.2) is 8.78 Å². The third-order valence-corrected chi connectivity index (χ3v) is 2.89. The number of nitrogens with one attached hydrogen (secondary N) is 2. The molecule has 2 rings (SSSR count). The Morgan fingerprint density at radius 3 is 2.76 bits per heavy atom. The van der Waals surface area contributed by atoms with Crippen LogP contribution in [0.2, 0.25) is 0 Å². The van der Waals surface area contributed by atoms with Crippen molar-refractivity contribution in [2.75, 3.05) is 13.1 Å². The SMILES string of the molecule is Fc1cccc(CNCCCNC2CC2)c1F. The molecule has 0 heterocycles. The Kier molecular flexibility index (Phi) is 4.45. The molecule has 0 aliphatic heterocycles. The number of halogens is 2. The Morgan fingerprint density at radius 2 is 2.00 bits per heavy atom. The fourth-order valence-corrected chi connectivity index (χ4v) is 1.72. The van der Waals surface area contributed by atoms with Crippen LogP contribution in [0.25, 0.3) is 0 Å². The Labute approximate surface area is 100 Å². The maximum atomic E-state index is 13.3. The van der Waals surface area contributed by atoms with E-state index in [1.54, 1.807) is 6.07 Å². The lowest BCUT2D eigenvalue weighted by molar-refractivity contribution is 0.491. The van der Waals surface area contributed by atoms with Gasteiger partial charge in [0.05, 0.1) is 0 Å². The summed E-state index contributed by atoms with van der Waals surface area (Å²) in [5.41, 5.74) is 0.389. The van der Waals surface area contributed by atoms with E-state index in [4.69, 9.17) is 0 Å². The van der Waals surface area contributed by atoms with Crippen LogP contribution in [0.4, 0.5) is 8.78 Å². The molecule has 1 fully saturated rings. The van der Waals surface area contributed by atoms with Gasteiger partial charge in [-0.3, -0.25) is 0 Å². The van der Waals surface area contributed by atoms with Crippen LogP contribution in [0, 0.1) is 11.6 Å². The molecule has 2 N–H and O–H groups in total. The lowest BCUT2D eigenvalue weighted by atomic mass is 10.2. The first-order valence-corrected chi connectivity index (χ1v) is 6.14. The quantitative estimate of drug-likeness (QED) is 0.714. The topological polar surface area (TPSA) is 24.1 Å². The van der Waals surface area contributed by atoms with Gasteiger partial charge in [-0.15, -0.1) is 0 Å². The van der Waals surface area contributed by atoms with Crippen LogP contribution in [0.3, 0.4) is 0 Å². The molecule has 0 atom stereocenters. The standard InChI is InChI=1S/C13H18F2N2/c14-12-4-1-3-10(13(12)15)9-16-7-2-8-17-11-5-6-11/h1,3-4,11,16-17H,2,5-9H2. The summed E-state index contributed by atoms with van der Waals surface area (Å²) in [5, 5.41) is 6.52. The van der Waals surface area contributed by atoms with Crippen molar-refractivity contribution >= 4 is 0 Å². The van der Waals surface area contributed by atoms with E-state index < -0.39 is 11.6 Å². The predicted octanol–water partition coefficient (Wildman–Crippen LogP) is 2.20. The van der Waals surface area contributed by atoms with E-state index in [2.05, 4.69) is 10.6 Å². The monoisotopic (exact) mass is 240 g/mol. The molecule has 1 aliphatic carbocycles. The molecule has 17 heavy (non-hydrogen) atoms. The van der Waals surface area contributed by atoms with Gasteiger partial charge in [0.2, 0.25) is 0 Å². The molecule has 0 saturated heterocycles. The first-order chi connectivity index (χ1) is 8.27. The zero-order valence-electron chi connectivity index (χ0n) is 9.81. The average Bonchev–Trinajstić information content (AvgIpc) is 3.12. The minimum atomic E-state index is -0.778. The van der Waals surface area contributed by atoms with Crippen LogP contribution < -0.4 is 10.6 Å². The van der Waals surface area contributed by atoms with Crippen molar-refractivity contribution in [1.29, 1.82) is 0 Å². The molecule has 2 nitrogen and oxygen atoms in total. The molecule has 4 heteroatoms. The number of rotatable bonds is 7. The highest BCUT2D eigenvalue weighted by molar-refractivity contribution is 5.18. The van der Waals surface area contributed by atoms with Crippen LogP contribution in [0.1, 0.15) is 24.8 Å². The highest BCUT2D eigenvalue weighted by atomic mass is 19.2. The zero-order chi connectivity index (χ0) is 12.1. The van der Waals surface area contributed by atoms with Gasteiger partial charge in [0, 0.05) is 18.2 Å². The van der Waals surface area contributed by atoms with E-state index in [0.717, 1.165) is 31.6 Å². The maximum absolute atomic E-state index is 13.3. The van der Waals surface area contributed by atoms with Gasteiger partial charge in [-0.05, 0) is 38.4 Å². The molecule has 0 radical (unpaired) electrons. The van der Waals surface area contributed by atoms with Crippen LogP contribution in [-0.4, -0.2) is 19.1 Å². The number of hydrogen-bond acceptors (Lipinski definition) is 2. The van der Waals surface area contributed by atoms with Crippen LogP contribution in [0.15, 0.2) is 18.2 Å². The summed E-state index contributed by atoms with van der Waals surface area (Å²) in [6.07, 6.45) is 3.59. The summed E-state index contributed by atoms with van der Waals surface area (Å²) in [6.45, 7) is 2.19. The van der Waals surface area contributed by atoms with E-state index >= 15 is 0 Å². The third kappa shape index (κ3) is 4.06. The summed E-state index contributed by atoms with van der Waals surface area (Å²) < 4.78 is 26.2. The van der Waals surface area contributed by atoms with Crippen LogP contribution in [0.5, 0.6) is 0 Å². The molecule has 0 bridgehead atoms. The Bertz CT molecular complexity index is 364. The zero-order valence-corrected chi connectivity index (χ0v) is 9.81. The lowest BCUT2D eigenvalue weighted by Crippen LogP contribution is -2.23. The smallest absolute Gasteiger partial charge is 0.163 e. The van der Waals surface area contributed by atoms with Gasteiger partial charge >= 0.3 is 0 Å². The minimum Gasteiger partial charge on any atom is -0.314 e. The highest BCUT2D eigenvalue weighted by Gasteiger charge is 2.19. The molecule has 1 aliphatic rings. The Morgan fingerprint density at radius 1 is 1.18 bits per heavy atom. The molecular weight excluding hydrogens is 222 g/mol. The average molecular weight is 240 g/mol. The summed E-state index contributed by atoms with van der Waals surface area (Å²) in [7, 11) is 0. The van der Waals surface area contributed by atoms with E-state index in [1.807, 2.05) is 0 Å². The van der Waals surface area contributed by atoms with Crippen molar-refractivity contribution in [3.8, 4) is 0 Å². The van der Waals surface area contributed by atoms with Crippen LogP contribution in [-0.2, 0) is 6.54 Å². The third-order valence-electron chi connectivity index (χ3n) is 2.89. The second-order valence-electron chi connectivity index (χ2n) is 4.47. The van der Waals surface area contributed by atoms with E-state index in [9.17, 15) is 8.78 Å². The minimum absolute atomic E-state index is 0.382. The molecule has 0 amide bonds. The molecule has 94 valence electrons. The van der Waals surface area contributed by atoms with E-state index in [-0.39, 0.29) is 0 Å². The fourth-order valence-electron chi connectivity index (χ4n) is 1.72. The molecule has 0 spiro atoms. The van der Waals surface area contributed by atoms with Crippen molar-refractivity contribution in [2.45, 2.75) is 31.8 Å². The largest absolute Gasteiger partial charge is 0.314 e. The van der Waals surface area contributed by atoms with Gasteiger partial charge < -0.3 is 10.6 Å². The second kappa shape index (κ2) is 6.07. The second-order valence-corrected chi connectivity index (χ2v) is 4.47. The molecule has 1 aromatic rings. The van der Waals surface area contributed by atoms with Gasteiger partial charge in [0.25, 0.3) is 0 Å². The van der Waals surface area contributed by atoms with Crippen LogP contribution >= 0.6 is 0 Å².